The van der Waals surface area contributed by atoms with E-state index in [1.165, 1.54) is 0 Å². The predicted molar refractivity (Wildman–Crippen MR) is 130 cm³/mol. The molecule has 2 N–H and O–H groups in total. The van der Waals surface area contributed by atoms with Gasteiger partial charge < -0.3 is 5.73 Å². The van der Waals surface area contributed by atoms with Crippen molar-refractivity contribution in [2.24, 2.45) is 0 Å². The summed E-state index contributed by atoms with van der Waals surface area (Å²) in [6.45, 7) is 0. The van der Waals surface area contributed by atoms with Crippen LogP contribution in [-0.4, -0.2) is 4.98 Å². The Kier molecular flexibility index (Phi) is 4.40. The van der Waals surface area contributed by atoms with Gasteiger partial charge in [0.1, 0.15) is 0 Å². The molecular formula is C29H18N2. The van der Waals surface area contributed by atoms with Crippen LogP contribution in [0, 0.1) is 24.7 Å². The van der Waals surface area contributed by atoms with Crippen molar-refractivity contribution in [3.05, 3.63) is 96.1 Å². The Morgan fingerprint density at radius 2 is 1.03 bits per heavy atom. The van der Waals surface area contributed by atoms with Gasteiger partial charge in [0, 0.05) is 21.9 Å². The molecule has 31 heavy (non-hydrogen) atoms. The van der Waals surface area contributed by atoms with E-state index in [1.54, 1.807) is 0 Å². The summed E-state index contributed by atoms with van der Waals surface area (Å²) in [5.41, 5.74) is 14.9. The van der Waals surface area contributed by atoms with E-state index in [1.807, 2.05) is 60.7 Å². The van der Waals surface area contributed by atoms with Crippen LogP contribution >= 0.6 is 0 Å². The number of nitrogens with zero attached hydrogens (tertiary/aromatic N) is 1. The zero-order valence-corrected chi connectivity index (χ0v) is 16.8. The molecule has 0 atom stereocenters. The Bertz CT molecular complexity index is 1450. The molecule has 2 heteroatoms. The van der Waals surface area contributed by atoms with Crippen LogP contribution in [0.3, 0.4) is 0 Å². The standard InChI is InChI=1S/C29H18N2/c1-3-19-7-5-9-21(15-19)23-11-13-25-27(17-23)31-28-18-24(12-14-26(28)29(25)30)22-10-6-8-20(4-2)16-22/h1-2,5-18H,(H2,30,31). The maximum Gasteiger partial charge on any atom is 0.0736 e. The van der Waals surface area contributed by atoms with E-state index in [-0.39, 0.29) is 0 Å². The average molecular weight is 394 g/mol. The van der Waals surface area contributed by atoms with Gasteiger partial charge in [-0.25, -0.2) is 4.98 Å². The quantitative estimate of drug-likeness (QED) is 0.283. The number of hydrogen-bond acceptors (Lipinski definition) is 2. The maximum atomic E-state index is 6.53. The van der Waals surface area contributed by atoms with E-state index >= 15 is 0 Å². The Hall–Kier alpha value is -4.53. The topological polar surface area (TPSA) is 38.9 Å². The van der Waals surface area contributed by atoms with Crippen LogP contribution in [-0.2, 0) is 0 Å². The SMILES string of the molecule is C#Cc1cccc(-c2ccc3c(N)c4ccc(-c5cccc(C#C)c5)cc4nc3c2)c1. The largest absolute Gasteiger partial charge is 0.398 e. The molecule has 1 heterocycles. The van der Waals surface area contributed by atoms with Crippen molar-refractivity contribution < 1.29 is 0 Å². The average Bonchev–Trinajstić information content (AvgIpc) is 2.83. The van der Waals surface area contributed by atoms with Crippen LogP contribution in [0.2, 0.25) is 0 Å². The molecule has 5 rings (SSSR count). The lowest BCUT2D eigenvalue weighted by Gasteiger charge is -2.11. The van der Waals surface area contributed by atoms with Crippen LogP contribution in [0.5, 0.6) is 0 Å². The highest BCUT2D eigenvalue weighted by Crippen LogP contribution is 2.33. The van der Waals surface area contributed by atoms with Crippen molar-refractivity contribution in [3.63, 3.8) is 0 Å². The molecule has 5 aromatic rings. The number of aromatic nitrogens is 1. The third kappa shape index (κ3) is 3.27. The number of nitrogen functional groups attached to an aromatic ring is 1. The van der Waals surface area contributed by atoms with Gasteiger partial charge in [-0.2, -0.15) is 0 Å². The molecule has 0 aliphatic carbocycles. The molecule has 144 valence electrons. The highest BCUT2D eigenvalue weighted by Gasteiger charge is 2.10. The maximum absolute atomic E-state index is 6.53. The first-order valence-corrected chi connectivity index (χ1v) is 9.93. The molecule has 0 bridgehead atoms. The van der Waals surface area contributed by atoms with Crippen molar-refractivity contribution in [1.29, 1.82) is 0 Å². The third-order valence-corrected chi connectivity index (χ3v) is 5.54. The summed E-state index contributed by atoms with van der Waals surface area (Å²) in [5.74, 6) is 5.38. The molecule has 0 radical (unpaired) electrons. The molecule has 0 saturated carbocycles. The highest BCUT2D eigenvalue weighted by molar-refractivity contribution is 6.08. The summed E-state index contributed by atoms with van der Waals surface area (Å²) >= 11 is 0. The first-order chi connectivity index (χ1) is 15.2. The van der Waals surface area contributed by atoms with Crippen LogP contribution < -0.4 is 5.73 Å². The van der Waals surface area contributed by atoms with Crippen molar-refractivity contribution >= 4 is 27.5 Å². The lowest BCUT2D eigenvalue weighted by Crippen LogP contribution is -1.94. The summed E-state index contributed by atoms with van der Waals surface area (Å²) in [6, 6.07) is 28.2. The second-order valence-electron chi connectivity index (χ2n) is 7.44. The summed E-state index contributed by atoms with van der Waals surface area (Å²) in [6.07, 6.45) is 11.1. The van der Waals surface area contributed by atoms with Gasteiger partial charge in [-0.05, 0) is 58.7 Å². The van der Waals surface area contributed by atoms with Crippen molar-refractivity contribution in [3.8, 4) is 46.9 Å². The minimum absolute atomic E-state index is 0.729. The van der Waals surface area contributed by atoms with Gasteiger partial charge in [0.05, 0.1) is 16.7 Å². The molecule has 0 fully saturated rings. The van der Waals surface area contributed by atoms with Crippen LogP contribution in [0.15, 0.2) is 84.9 Å². The van der Waals surface area contributed by atoms with Crippen LogP contribution in [0.4, 0.5) is 5.69 Å². The molecule has 0 aliphatic heterocycles. The fraction of sp³-hybridized carbons (Fsp3) is 0. The molecular weight excluding hydrogens is 376 g/mol. The van der Waals surface area contributed by atoms with Gasteiger partial charge in [0.25, 0.3) is 0 Å². The zero-order valence-electron chi connectivity index (χ0n) is 16.8. The molecule has 0 unspecified atom stereocenters. The molecule has 0 aliphatic rings. The molecule has 1 aromatic heterocycles. The third-order valence-electron chi connectivity index (χ3n) is 5.54. The number of nitrogens with two attached hydrogens (primary N) is 1. The lowest BCUT2D eigenvalue weighted by molar-refractivity contribution is 1.49. The van der Waals surface area contributed by atoms with E-state index in [0.717, 1.165) is 60.9 Å². The Morgan fingerprint density at radius 3 is 1.48 bits per heavy atom. The number of anilines is 1. The smallest absolute Gasteiger partial charge is 0.0736 e. The first kappa shape index (κ1) is 18.5. The van der Waals surface area contributed by atoms with Crippen molar-refractivity contribution in [1.82, 2.24) is 4.98 Å². The van der Waals surface area contributed by atoms with Gasteiger partial charge in [0.15, 0.2) is 0 Å². The number of terminal acetylenes is 2. The Balaban J connectivity index is 1.68. The van der Waals surface area contributed by atoms with Crippen molar-refractivity contribution in [2.75, 3.05) is 5.73 Å². The van der Waals surface area contributed by atoms with Gasteiger partial charge in [-0.3, -0.25) is 0 Å². The van der Waals surface area contributed by atoms with Gasteiger partial charge in [-0.15, -0.1) is 12.8 Å². The van der Waals surface area contributed by atoms with Crippen molar-refractivity contribution in [2.45, 2.75) is 0 Å². The van der Waals surface area contributed by atoms with E-state index in [2.05, 4.69) is 36.1 Å². The number of pyridine rings is 1. The molecule has 0 spiro atoms. The zero-order chi connectivity index (χ0) is 21.4. The van der Waals surface area contributed by atoms with Crippen LogP contribution in [0.1, 0.15) is 11.1 Å². The minimum Gasteiger partial charge on any atom is -0.398 e. The van der Waals surface area contributed by atoms with Crippen LogP contribution in [0.25, 0.3) is 44.1 Å². The van der Waals surface area contributed by atoms with Gasteiger partial charge >= 0.3 is 0 Å². The second kappa shape index (κ2) is 7.38. The predicted octanol–water partition coefficient (Wildman–Crippen LogP) is 6.27. The second-order valence-corrected chi connectivity index (χ2v) is 7.44. The fourth-order valence-corrected chi connectivity index (χ4v) is 3.91. The summed E-state index contributed by atoms with van der Waals surface area (Å²) < 4.78 is 0. The monoisotopic (exact) mass is 394 g/mol. The van der Waals surface area contributed by atoms with Gasteiger partial charge in [0.2, 0.25) is 0 Å². The Morgan fingerprint density at radius 1 is 0.581 bits per heavy atom. The molecule has 2 nitrogen and oxygen atoms in total. The van der Waals surface area contributed by atoms with E-state index < -0.39 is 0 Å². The van der Waals surface area contributed by atoms with E-state index in [9.17, 15) is 0 Å². The minimum atomic E-state index is 0.729. The normalized spacial score (nSPS) is 10.6. The molecule has 4 aromatic carbocycles. The number of hydrogen-bond donors (Lipinski definition) is 1. The number of benzene rings is 4. The fourth-order valence-electron chi connectivity index (χ4n) is 3.91. The number of rotatable bonds is 2. The summed E-state index contributed by atoms with van der Waals surface area (Å²) in [4.78, 5) is 4.94. The van der Waals surface area contributed by atoms with E-state index in [4.69, 9.17) is 23.6 Å². The molecule has 0 amide bonds. The number of fused-ring (bicyclic) bond motifs is 2. The highest BCUT2D eigenvalue weighted by atomic mass is 14.7. The Labute approximate surface area is 181 Å². The summed E-state index contributed by atoms with van der Waals surface area (Å²) in [5, 5.41) is 1.87. The van der Waals surface area contributed by atoms with E-state index in [0.29, 0.717) is 0 Å². The molecule has 0 saturated heterocycles. The first-order valence-electron chi connectivity index (χ1n) is 9.93. The summed E-state index contributed by atoms with van der Waals surface area (Å²) in [7, 11) is 0. The van der Waals surface area contributed by atoms with Gasteiger partial charge in [-0.1, -0.05) is 60.4 Å². The lowest BCUT2D eigenvalue weighted by atomic mass is 9.98.